The van der Waals surface area contributed by atoms with Crippen molar-refractivity contribution < 1.29 is 14.6 Å². The first-order valence-corrected chi connectivity index (χ1v) is 8.83. The maximum atomic E-state index is 9.95. The molecular formula is C20H22N2O3. The zero-order valence-corrected chi connectivity index (χ0v) is 14.0. The quantitative estimate of drug-likeness (QED) is 0.655. The van der Waals surface area contributed by atoms with Crippen LogP contribution in [0, 0.1) is 0 Å². The number of nitrogens with one attached hydrogen (secondary N) is 1. The molecule has 0 radical (unpaired) electrons. The van der Waals surface area contributed by atoms with Gasteiger partial charge in [0, 0.05) is 11.6 Å². The van der Waals surface area contributed by atoms with Gasteiger partial charge in [-0.2, -0.15) is 4.98 Å². The van der Waals surface area contributed by atoms with Crippen LogP contribution >= 0.6 is 0 Å². The third-order valence-corrected chi connectivity index (χ3v) is 4.91. The second kappa shape index (κ2) is 6.76. The lowest BCUT2D eigenvalue weighted by Crippen LogP contribution is -2.22. The first kappa shape index (κ1) is 16.0. The van der Waals surface area contributed by atoms with Gasteiger partial charge in [0.15, 0.2) is 5.58 Å². The van der Waals surface area contributed by atoms with Gasteiger partial charge < -0.3 is 19.9 Å². The Morgan fingerprint density at radius 1 is 1.04 bits per heavy atom. The van der Waals surface area contributed by atoms with Crippen molar-refractivity contribution in [3.8, 4) is 16.9 Å². The maximum Gasteiger partial charge on any atom is 0.295 e. The fourth-order valence-corrected chi connectivity index (χ4v) is 3.47. The molecule has 130 valence electrons. The number of anilines is 1. The van der Waals surface area contributed by atoms with Gasteiger partial charge in [0.1, 0.15) is 11.3 Å². The van der Waals surface area contributed by atoms with Crippen molar-refractivity contribution >= 4 is 17.1 Å². The van der Waals surface area contributed by atoms with E-state index in [1.54, 1.807) is 12.1 Å². The van der Waals surface area contributed by atoms with E-state index in [1.165, 1.54) is 32.1 Å². The van der Waals surface area contributed by atoms with Crippen LogP contribution in [0.5, 0.6) is 5.75 Å². The fourth-order valence-electron chi connectivity index (χ4n) is 3.47. The molecule has 1 saturated carbocycles. The van der Waals surface area contributed by atoms with Gasteiger partial charge in [0.05, 0.1) is 6.61 Å². The minimum absolute atomic E-state index is 0.0971. The van der Waals surface area contributed by atoms with Crippen molar-refractivity contribution in [2.24, 2.45) is 0 Å². The molecule has 0 unspecified atom stereocenters. The third-order valence-electron chi connectivity index (χ3n) is 4.91. The number of aliphatic hydroxyl groups is 1. The number of oxazole rings is 1. The van der Waals surface area contributed by atoms with E-state index in [9.17, 15) is 5.11 Å². The highest BCUT2D eigenvalue weighted by Gasteiger charge is 2.16. The van der Waals surface area contributed by atoms with Crippen LogP contribution in [0.3, 0.4) is 0 Å². The Morgan fingerprint density at radius 2 is 1.80 bits per heavy atom. The lowest BCUT2D eigenvalue weighted by atomic mass is 9.96. The van der Waals surface area contributed by atoms with E-state index >= 15 is 0 Å². The zero-order chi connectivity index (χ0) is 17.2. The van der Waals surface area contributed by atoms with Gasteiger partial charge in [-0.25, -0.2) is 0 Å². The lowest BCUT2D eigenvalue weighted by Gasteiger charge is -2.21. The molecule has 3 N–H and O–H groups in total. The normalized spacial score (nSPS) is 15.6. The number of aliphatic hydroxyl groups excluding tert-OH is 1. The minimum Gasteiger partial charge on any atom is -0.508 e. The summed E-state index contributed by atoms with van der Waals surface area (Å²) in [5.74, 6) is 0.0971. The van der Waals surface area contributed by atoms with Crippen LogP contribution < -0.4 is 5.32 Å². The summed E-state index contributed by atoms with van der Waals surface area (Å²) in [6, 6.07) is 12.1. The molecule has 1 aliphatic carbocycles. The molecule has 1 aromatic heterocycles. The van der Waals surface area contributed by atoms with E-state index in [0.29, 0.717) is 17.6 Å². The van der Waals surface area contributed by atoms with Gasteiger partial charge in [0.25, 0.3) is 6.01 Å². The minimum atomic E-state index is -0.176. The van der Waals surface area contributed by atoms with E-state index in [1.807, 2.05) is 24.3 Å². The summed E-state index contributed by atoms with van der Waals surface area (Å²) in [5.41, 5.74) is 3.89. The Bertz CT molecular complexity index is 882. The van der Waals surface area contributed by atoms with E-state index in [-0.39, 0.29) is 12.4 Å². The molecule has 5 heteroatoms. The summed E-state index contributed by atoms with van der Waals surface area (Å²) in [4.78, 5) is 4.57. The Labute approximate surface area is 146 Å². The Kier molecular flexibility index (Phi) is 4.32. The van der Waals surface area contributed by atoms with Gasteiger partial charge in [-0.1, -0.05) is 37.5 Å². The molecule has 4 rings (SSSR count). The molecule has 1 aliphatic rings. The molecule has 3 aromatic rings. The summed E-state index contributed by atoms with van der Waals surface area (Å²) in [6.45, 7) is -0.176. The summed E-state index contributed by atoms with van der Waals surface area (Å²) >= 11 is 0. The van der Waals surface area contributed by atoms with E-state index in [0.717, 1.165) is 22.2 Å². The van der Waals surface area contributed by atoms with Gasteiger partial charge in [0.2, 0.25) is 0 Å². The highest BCUT2D eigenvalue weighted by atomic mass is 16.4. The van der Waals surface area contributed by atoms with E-state index in [4.69, 9.17) is 9.52 Å². The Hall–Kier alpha value is -2.53. The highest BCUT2D eigenvalue weighted by Crippen LogP contribution is 2.30. The second-order valence-electron chi connectivity index (χ2n) is 6.68. The van der Waals surface area contributed by atoms with Crippen molar-refractivity contribution in [2.45, 2.75) is 44.8 Å². The van der Waals surface area contributed by atoms with Crippen molar-refractivity contribution in [3.63, 3.8) is 0 Å². The molecule has 0 aliphatic heterocycles. The van der Waals surface area contributed by atoms with Gasteiger partial charge in [-0.15, -0.1) is 0 Å². The van der Waals surface area contributed by atoms with Crippen molar-refractivity contribution in [1.82, 2.24) is 4.98 Å². The first-order chi connectivity index (χ1) is 12.2. The van der Waals surface area contributed by atoms with Gasteiger partial charge in [-0.05, 0) is 42.2 Å². The molecule has 1 fully saturated rings. The molecule has 0 bridgehead atoms. The molecule has 0 atom stereocenters. The predicted octanol–water partition coefficient (Wildman–Crippen LogP) is 4.44. The van der Waals surface area contributed by atoms with E-state index < -0.39 is 0 Å². The smallest absolute Gasteiger partial charge is 0.295 e. The van der Waals surface area contributed by atoms with Crippen LogP contribution in [0.4, 0.5) is 6.01 Å². The van der Waals surface area contributed by atoms with E-state index in [2.05, 4.69) is 10.3 Å². The molecule has 0 saturated heterocycles. The van der Waals surface area contributed by atoms with Crippen LogP contribution in [0.25, 0.3) is 22.2 Å². The Balaban J connectivity index is 1.60. The summed E-state index contributed by atoms with van der Waals surface area (Å²) in [5, 5.41) is 22.5. The number of hydrogen-bond acceptors (Lipinski definition) is 5. The largest absolute Gasteiger partial charge is 0.508 e. The molecule has 1 heterocycles. The average molecular weight is 338 g/mol. The maximum absolute atomic E-state index is 9.95. The first-order valence-electron chi connectivity index (χ1n) is 8.83. The number of aromatic nitrogens is 1. The molecule has 0 amide bonds. The molecule has 5 nitrogen and oxygen atoms in total. The third kappa shape index (κ3) is 3.33. The van der Waals surface area contributed by atoms with Crippen LogP contribution in [0.2, 0.25) is 0 Å². The number of rotatable bonds is 4. The number of aromatic hydroxyl groups is 1. The number of phenols is 1. The molecular weight excluding hydrogens is 316 g/mol. The van der Waals surface area contributed by atoms with Crippen LogP contribution in [0.1, 0.15) is 37.7 Å². The summed E-state index contributed by atoms with van der Waals surface area (Å²) in [6.07, 6.45) is 6.17. The summed E-state index contributed by atoms with van der Waals surface area (Å²) < 4.78 is 5.82. The standard InChI is InChI=1S/C20H22N2O3/c23-12-15-7-6-14(11-18(15)24)13-8-9-19-17(10-13)22-20(25-19)21-16-4-2-1-3-5-16/h6-11,16,23-24H,1-5,12H2,(H,21,22). The van der Waals surface area contributed by atoms with Crippen LogP contribution in [-0.2, 0) is 6.61 Å². The zero-order valence-electron chi connectivity index (χ0n) is 14.0. The Morgan fingerprint density at radius 3 is 2.56 bits per heavy atom. The SMILES string of the molecule is OCc1ccc(-c2ccc3oc(NC4CCCCC4)nc3c2)cc1O. The van der Waals surface area contributed by atoms with Crippen LogP contribution in [0.15, 0.2) is 40.8 Å². The number of nitrogens with zero attached hydrogens (tertiary/aromatic N) is 1. The van der Waals surface area contributed by atoms with Crippen LogP contribution in [-0.4, -0.2) is 21.2 Å². The van der Waals surface area contributed by atoms with Crippen molar-refractivity contribution in [1.29, 1.82) is 0 Å². The van der Waals surface area contributed by atoms with Crippen molar-refractivity contribution in [2.75, 3.05) is 5.32 Å². The fraction of sp³-hybridized carbons (Fsp3) is 0.350. The average Bonchev–Trinajstić information content (AvgIpc) is 3.03. The summed E-state index contributed by atoms with van der Waals surface area (Å²) in [7, 11) is 0. The monoisotopic (exact) mass is 338 g/mol. The molecule has 25 heavy (non-hydrogen) atoms. The number of benzene rings is 2. The topological polar surface area (TPSA) is 78.5 Å². The lowest BCUT2D eigenvalue weighted by molar-refractivity contribution is 0.275. The number of hydrogen-bond donors (Lipinski definition) is 3. The second-order valence-corrected chi connectivity index (χ2v) is 6.68. The van der Waals surface area contributed by atoms with Crippen molar-refractivity contribution in [3.05, 3.63) is 42.0 Å². The molecule has 2 aromatic carbocycles. The highest BCUT2D eigenvalue weighted by molar-refractivity contribution is 5.82. The van der Waals surface area contributed by atoms with Gasteiger partial charge in [-0.3, -0.25) is 0 Å². The predicted molar refractivity (Wildman–Crippen MR) is 97.5 cm³/mol. The molecule has 0 spiro atoms. The number of fused-ring (bicyclic) bond motifs is 1. The van der Waals surface area contributed by atoms with Gasteiger partial charge >= 0.3 is 0 Å².